The van der Waals surface area contributed by atoms with Gasteiger partial charge in [-0.1, -0.05) is 42.5 Å². The Balaban J connectivity index is 1.52. The van der Waals surface area contributed by atoms with Gasteiger partial charge in [0.15, 0.2) is 0 Å². The lowest BCUT2D eigenvalue weighted by Gasteiger charge is -2.12. The van der Waals surface area contributed by atoms with Crippen molar-refractivity contribution in [2.75, 3.05) is 10.6 Å². The second-order valence-corrected chi connectivity index (χ2v) is 8.79. The Hall–Kier alpha value is -4.45. The first-order valence-electron chi connectivity index (χ1n) is 11.9. The smallest absolute Gasteiger partial charge is 0.256 e. The van der Waals surface area contributed by atoms with Gasteiger partial charge < -0.3 is 15.4 Å². The summed E-state index contributed by atoms with van der Waals surface area (Å²) in [6.07, 6.45) is 1.99. The molecule has 1 aromatic heterocycles. The average molecular weight is 479 g/mol. The molecule has 0 saturated heterocycles. The monoisotopic (exact) mass is 478 g/mol. The van der Waals surface area contributed by atoms with Crippen LogP contribution in [0.3, 0.4) is 0 Å². The lowest BCUT2D eigenvalue weighted by Crippen LogP contribution is -2.13. The standard InChI is InChI=1S/C30H30N4O2/c1-20(2)36-27-16-10-23(11-17-27)19-28(24-8-6-5-7-9-24)29(35)33-25-12-14-26(15-13-25)34-30-31-21(3)18-22(4)32-30/h5-20H,1-4H3,(H,33,35)(H,31,32,34)/b28-19+. The van der Waals surface area contributed by atoms with Gasteiger partial charge in [-0.2, -0.15) is 0 Å². The molecule has 0 saturated carbocycles. The molecule has 0 spiro atoms. The summed E-state index contributed by atoms with van der Waals surface area (Å²) < 4.78 is 5.73. The van der Waals surface area contributed by atoms with Crippen LogP contribution < -0.4 is 15.4 Å². The van der Waals surface area contributed by atoms with Crippen molar-refractivity contribution < 1.29 is 9.53 Å². The van der Waals surface area contributed by atoms with Crippen LogP contribution in [0.15, 0.2) is 84.9 Å². The number of nitrogens with zero attached hydrogens (tertiary/aromatic N) is 2. The Kier molecular flexibility index (Phi) is 7.75. The van der Waals surface area contributed by atoms with E-state index in [1.54, 1.807) is 0 Å². The van der Waals surface area contributed by atoms with E-state index in [-0.39, 0.29) is 12.0 Å². The van der Waals surface area contributed by atoms with Crippen LogP contribution in [0.2, 0.25) is 0 Å². The Morgan fingerprint density at radius 1 is 0.833 bits per heavy atom. The molecule has 36 heavy (non-hydrogen) atoms. The molecule has 0 aliphatic heterocycles. The van der Waals surface area contributed by atoms with Crippen LogP contribution in [0, 0.1) is 13.8 Å². The summed E-state index contributed by atoms with van der Waals surface area (Å²) in [4.78, 5) is 22.2. The van der Waals surface area contributed by atoms with E-state index in [4.69, 9.17) is 4.74 Å². The summed E-state index contributed by atoms with van der Waals surface area (Å²) in [5, 5.41) is 6.22. The predicted molar refractivity (Wildman–Crippen MR) is 146 cm³/mol. The van der Waals surface area contributed by atoms with E-state index in [1.807, 2.05) is 119 Å². The van der Waals surface area contributed by atoms with Crippen molar-refractivity contribution in [1.82, 2.24) is 9.97 Å². The number of aromatic nitrogens is 2. The minimum Gasteiger partial charge on any atom is -0.491 e. The van der Waals surface area contributed by atoms with Crippen LogP contribution in [0.5, 0.6) is 5.75 Å². The van der Waals surface area contributed by atoms with Gasteiger partial charge in [0.1, 0.15) is 5.75 Å². The Labute approximate surface area is 212 Å². The van der Waals surface area contributed by atoms with E-state index >= 15 is 0 Å². The zero-order valence-electron chi connectivity index (χ0n) is 20.9. The number of aryl methyl sites for hydroxylation is 2. The molecule has 6 heteroatoms. The minimum absolute atomic E-state index is 0.104. The van der Waals surface area contributed by atoms with E-state index < -0.39 is 0 Å². The molecule has 3 aromatic carbocycles. The Bertz CT molecular complexity index is 1330. The molecule has 1 heterocycles. The van der Waals surface area contributed by atoms with Gasteiger partial charge in [0, 0.05) is 28.3 Å². The molecule has 0 fully saturated rings. The first-order chi connectivity index (χ1) is 17.4. The fourth-order valence-electron chi connectivity index (χ4n) is 3.73. The SMILES string of the molecule is Cc1cc(C)nc(Nc2ccc(NC(=O)/C(=C/c3ccc(OC(C)C)cc3)c3ccccc3)cc2)n1. The van der Waals surface area contributed by atoms with Crippen LogP contribution in [0.4, 0.5) is 17.3 Å². The third-order valence-electron chi connectivity index (χ3n) is 5.27. The molecule has 0 bridgehead atoms. The Morgan fingerprint density at radius 2 is 1.44 bits per heavy atom. The van der Waals surface area contributed by atoms with Crippen molar-refractivity contribution >= 4 is 34.9 Å². The first-order valence-corrected chi connectivity index (χ1v) is 11.9. The molecular formula is C30H30N4O2. The van der Waals surface area contributed by atoms with Crippen molar-refractivity contribution in [2.45, 2.75) is 33.8 Å². The zero-order chi connectivity index (χ0) is 25.5. The summed E-state index contributed by atoms with van der Waals surface area (Å²) in [6, 6.07) is 26.8. The van der Waals surface area contributed by atoms with E-state index in [2.05, 4.69) is 20.6 Å². The van der Waals surface area contributed by atoms with Crippen molar-refractivity contribution in [3.63, 3.8) is 0 Å². The third-order valence-corrected chi connectivity index (χ3v) is 5.27. The molecule has 2 N–H and O–H groups in total. The van der Waals surface area contributed by atoms with Gasteiger partial charge in [-0.05, 0) is 87.4 Å². The topological polar surface area (TPSA) is 76.1 Å². The molecule has 182 valence electrons. The maximum absolute atomic E-state index is 13.3. The highest BCUT2D eigenvalue weighted by Gasteiger charge is 2.13. The van der Waals surface area contributed by atoms with Gasteiger partial charge in [-0.3, -0.25) is 4.79 Å². The molecule has 1 amide bonds. The maximum atomic E-state index is 13.3. The second-order valence-electron chi connectivity index (χ2n) is 8.79. The molecule has 6 nitrogen and oxygen atoms in total. The number of hydrogen-bond donors (Lipinski definition) is 2. The molecule has 4 aromatic rings. The van der Waals surface area contributed by atoms with Crippen LogP contribution in [-0.2, 0) is 4.79 Å². The predicted octanol–water partition coefficient (Wildman–Crippen LogP) is 6.80. The van der Waals surface area contributed by atoms with Crippen LogP contribution >= 0.6 is 0 Å². The number of anilines is 3. The second kappa shape index (κ2) is 11.3. The molecule has 4 rings (SSSR count). The van der Waals surface area contributed by atoms with Crippen molar-refractivity contribution in [1.29, 1.82) is 0 Å². The number of benzene rings is 3. The van der Waals surface area contributed by atoms with Crippen molar-refractivity contribution in [3.05, 3.63) is 107 Å². The zero-order valence-corrected chi connectivity index (χ0v) is 20.9. The fourth-order valence-corrected chi connectivity index (χ4v) is 3.73. The van der Waals surface area contributed by atoms with Gasteiger partial charge in [0.2, 0.25) is 5.95 Å². The lowest BCUT2D eigenvalue weighted by atomic mass is 10.0. The van der Waals surface area contributed by atoms with E-state index in [1.165, 1.54) is 0 Å². The normalized spacial score (nSPS) is 11.3. The number of ether oxygens (including phenoxy) is 1. The molecule has 0 aliphatic rings. The number of carbonyl (C=O) groups is 1. The number of nitrogens with one attached hydrogen (secondary N) is 2. The summed E-state index contributed by atoms with van der Waals surface area (Å²) >= 11 is 0. The highest BCUT2D eigenvalue weighted by atomic mass is 16.5. The number of carbonyl (C=O) groups excluding carboxylic acids is 1. The quantitative estimate of drug-likeness (QED) is 0.215. The summed E-state index contributed by atoms with van der Waals surface area (Å²) in [5.41, 5.74) is 5.64. The van der Waals surface area contributed by atoms with E-state index in [0.29, 0.717) is 17.2 Å². The van der Waals surface area contributed by atoms with Crippen LogP contribution in [0.1, 0.15) is 36.4 Å². The van der Waals surface area contributed by atoms with Gasteiger partial charge >= 0.3 is 0 Å². The largest absolute Gasteiger partial charge is 0.491 e. The van der Waals surface area contributed by atoms with E-state index in [9.17, 15) is 4.79 Å². The first kappa shape index (κ1) is 24.7. The molecule has 0 atom stereocenters. The van der Waals surface area contributed by atoms with E-state index in [0.717, 1.165) is 34.0 Å². The van der Waals surface area contributed by atoms with Gasteiger partial charge in [-0.15, -0.1) is 0 Å². The maximum Gasteiger partial charge on any atom is 0.256 e. The highest BCUT2D eigenvalue weighted by Crippen LogP contribution is 2.24. The summed E-state index contributed by atoms with van der Waals surface area (Å²) in [5.74, 6) is 1.15. The van der Waals surface area contributed by atoms with Gasteiger partial charge in [0.25, 0.3) is 5.91 Å². The number of amides is 1. The van der Waals surface area contributed by atoms with Crippen LogP contribution in [0.25, 0.3) is 11.6 Å². The molecule has 0 unspecified atom stereocenters. The minimum atomic E-state index is -0.193. The number of rotatable bonds is 8. The molecule has 0 radical (unpaired) electrons. The lowest BCUT2D eigenvalue weighted by molar-refractivity contribution is -0.111. The number of hydrogen-bond acceptors (Lipinski definition) is 5. The van der Waals surface area contributed by atoms with Crippen LogP contribution in [-0.4, -0.2) is 22.0 Å². The summed E-state index contributed by atoms with van der Waals surface area (Å²) in [7, 11) is 0. The van der Waals surface area contributed by atoms with Gasteiger partial charge in [-0.25, -0.2) is 9.97 Å². The molecule has 0 aliphatic carbocycles. The third kappa shape index (κ3) is 6.79. The molecular weight excluding hydrogens is 448 g/mol. The van der Waals surface area contributed by atoms with Crippen molar-refractivity contribution in [2.24, 2.45) is 0 Å². The Morgan fingerprint density at radius 3 is 2.06 bits per heavy atom. The average Bonchev–Trinajstić information content (AvgIpc) is 2.84. The van der Waals surface area contributed by atoms with Crippen molar-refractivity contribution in [3.8, 4) is 5.75 Å². The highest BCUT2D eigenvalue weighted by molar-refractivity contribution is 6.29. The summed E-state index contributed by atoms with van der Waals surface area (Å²) in [6.45, 7) is 7.85. The fraction of sp³-hybridized carbons (Fsp3) is 0.167. The van der Waals surface area contributed by atoms with Gasteiger partial charge in [0.05, 0.1) is 6.10 Å².